The van der Waals surface area contributed by atoms with Crippen molar-refractivity contribution in [3.63, 3.8) is 0 Å². The minimum Gasteiger partial charge on any atom is -0.382 e. The van der Waals surface area contributed by atoms with Crippen LogP contribution in [0, 0.1) is 0 Å². The molecular formula is C13H17BrClN. The van der Waals surface area contributed by atoms with Gasteiger partial charge >= 0.3 is 0 Å². The third kappa shape index (κ3) is 2.10. The summed E-state index contributed by atoms with van der Waals surface area (Å²) in [5.41, 5.74) is 3.90. The number of halogens is 2. The van der Waals surface area contributed by atoms with E-state index >= 15 is 0 Å². The third-order valence-electron chi connectivity index (χ3n) is 3.19. The first-order valence-electron chi connectivity index (χ1n) is 5.78. The highest BCUT2D eigenvalue weighted by molar-refractivity contribution is 9.10. The lowest BCUT2D eigenvalue weighted by Gasteiger charge is -2.29. The maximum atomic E-state index is 6.35. The van der Waals surface area contributed by atoms with Gasteiger partial charge in [-0.2, -0.15) is 0 Å². The van der Waals surface area contributed by atoms with Crippen LogP contribution in [-0.4, -0.2) is 6.04 Å². The summed E-state index contributed by atoms with van der Waals surface area (Å²) in [6, 6.07) is 2.69. The fourth-order valence-corrected chi connectivity index (χ4v) is 2.97. The van der Waals surface area contributed by atoms with Gasteiger partial charge in [-0.3, -0.25) is 0 Å². The van der Waals surface area contributed by atoms with E-state index in [0.717, 1.165) is 22.3 Å². The van der Waals surface area contributed by atoms with E-state index in [1.54, 1.807) is 0 Å². The highest BCUT2D eigenvalue weighted by atomic mass is 79.9. The monoisotopic (exact) mass is 301 g/mol. The van der Waals surface area contributed by atoms with Crippen LogP contribution in [0.25, 0.3) is 0 Å². The van der Waals surface area contributed by atoms with Crippen molar-refractivity contribution in [3.05, 3.63) is 26.7 Å². The molecule has 0 bridgehead atoms. The van der Waals surface area contributed by atoms with Crippen LogP contribution in [0.15, 0.2) is 10.5 Å². The van der Waals surface area contributed by atoms with Crippen LogP contribution in [-0.2, 0) is 6.42 Å². The molecule has 1 aromatic rings. The van der Waals surface area contributed by atoms with Crippen LogP contribution in [0.4, 0.5) is 5.69 Å². The van der Waals surface area contributed by atoms with Crippen LogP contribution in [0.3, 0.4) is 0 Å². The van der Waals surface area contributed by atoms with Gasteiger partial charge in [0, 0.05) is 16.2 Å². The van der Waals surface area contributed by atoms with Crippen LogP contribution in [0.2, 0.25) is 5.02 Å². The Bertz CT molecular complexity index is 415. The summed E-state index contributed by atoms with van der Waals surface area (Å²) in [7, 11) is 0. The zero-order chi connectivity index (χ0) is 11.9. The van der Waals surface area contributed by atoms with Crippen LogP contribution in [0.1, 0.15) is 44.2 Å². The Balaban J connectivity index is 2.60. The van der Waals surface area contributed by atoms with Crippen molar-refractivity contribution in [1.82, 2.24) is 0 Å². The average Bonchev–Trinajstić information content (AvgIpc) is 2.22. The Kier molecular flexibility index (Phi) is 3.50. The lowest BCUT2D eigenvalue weighted by molar-refractivity contribution is 0.674. The minimum absolute atomic E-state index is 0.514. The van der Waals surface area contributed by atoms with Crippen molar-refractivity contribution >= 4 is 33.2 Å². The molecule has 0 saturated heterocycles. The number of benzene rings is 1. The molecule has 1 heterocycles. The molecule has 1 aromatic carbocycles. The summed E-state index contributed by atoms with van der Waals surface area (Å²) < 4.78 is 1.02. The third-order valence-corrected chi connectivity index (χ3v) is 4.47. The van der Waals surface area contributed by atoms with E-state index in [0.29, 0.717) is 12.0 Å². The zero-order valence-corrected chi connectivity index (χ0v) is 12.2. The van der Waals surface area contributed by atoms with Crippen LogP contribution < -0.4 is 5.32 Å². The Hall–Kier alpha value is -0.210. The first-order valence-corrected chi connectivity index (χ1v) is 6.95. The Morgan fingerprint density at radius 3 is 2.81 bits per heavy atom. The fraction of sp³-hybridized carbons (Fsp3) is 0.538. The normalized spacial score (nSPS) is 19.5. The summed E-state index contributed by atoms with van der Waals surface area (Å²) in [5.74, 6) is 0.514. The number of hydrogen-bond donors (Lipinski definition) is 1. The first-order chi connectivity index (χ1) is 7.50. The van der Waals surface area contributed by atoms with Gasteiger partial charge in [0.05, 0.1) is 5.02 Å². The molecule has 0 amide bonds. The first kappa shape index (κ1) is 12.3. The van der Waals surface area contributed by atoms with E-state index in [4.69, 9.17) is 11.6 Å². The lowest BCUT2D eigenvalue weighted by atomic mass is 9.91. The van der Waals surface area contributed by atoms with Crippen molar-refractivity contribution in [2.75, 3.05) is 5.32 Å². The summed E-state index contributed by atoms with van der Waals surface area (Å²) >= 11 is 9.90. The maximum Gasteiger partial charge on any atom is 0.0600 e. The number of rotatable bonds is 1. The second-order valence-corrected chi connectivity index (χ2v) is 6.09. The zero-order valence-electron chi connectivity index (χ0n) is 9.90. The molecule has 3 heteroatoms. The van der Waals surface area contributed by atoms with E-state index in [1.165, 1.54) is 16.8 Å². The maximum absolute atomic E-state index is 6.35. The molecule has 88 valence electrons. The molecule has 0 aliphatic carbocycles. The van der Waals surface area contributed by atoms with E-state index in [1.807, 2.05) is 0 Å². The number of fused-ring (bicyclic) bond motifs is 1. The molecule has 2 rings (SSSR count). The highest BCUT2D eigenvalue weighted by Gasteiger charge is 2.22. The lowest BCUT2D eigenvalue weighted by Crippen LogP contribution is -2.23. The standard InChI is InChI=1S/C13H17BrClN/c1-7(2)10-6-11(14)12(15)9-5-4-8(3)16-13(9)10/h6-8,16H,4-5H2,1-3H3. The van der Waals surface area contributed by atoms with E-state index in [-0.39, 0.29) is 0 Å². The molecule has 0 radical (unpaired) electrons. The summed E-state index contributed by atoms with van der Waals surface area (Å²) in [6.07, 6.45) is 2.22. The van der Waals surface area contributed by atoms with Crippen molar-refractivity contribution in [2.24, 2.45) is 0 Å². The van der Waals surface area contributed by atoms with Crippen LogP contribution in [0.5, 0.6) is 0 Å². The fourth-order valence-electron chi connectivity index (χ4n) is 2.24. The second kappa shape index (κ2) is 4.58. The SMILES string of the molecule is CC1CCc2c(Cl)c(Br)cc(C(C)C)c2N1. The van der Waals surface area contributed by atoms with Gasteiger partial charge in [-0.05, 0) is 58.8 Å². The second-order valence-electron chi connectivity index (χ2n) is 4.85. The predicted molar refractivity (Wildman–Crippen MR) is 74.6 cm³/mol. The molecule has 16 heavy (non-hydrogen) atoms. The number of anilines is 1. The van der Waals surface area contributed by atoms with Crippen LogP contribution >= 0.6 is 27.5 Å². The molecule has 1 nitrogen and oxygen atoms in total. The van der Waals surface area contributed by atoms with Gasteiger partial charge in [0.15, 0.2) is 0 Å². The molecule has 0 aromatic heterocycles. The largest absolute Gasteiger partial charge is 0.382 e. The number of hydrogen-bond acceptors (Lipinski definition) is 1. The Morgan fingerprint density at radius 2 is 2.19 bits per heavy atom. The van der Waals surface area contributed by atoms with Gasteiger partial charge in [0.25, 0.3) is 0 Å². The predicted octanol–water partition coefficient (Wildman–Crippen LogP) is 4.97. The highest BCUT2D eigenvalue weighted by Crippen LogP contribution is 2.41. The molecule has 0 spiro atoms. The number of nitrogens with one attached hydrogen (secondary N) is 1. The molecule has 1 aliphatic rings. The van der Waals surface area contributed by atoms with Gasteiger partial charge < -0.3 is 5.32 Å². The van der Waals surface area contributed by atoms with Gasteiger partial charge in [-0.15, -0.1) is 0 Å². The van der Waals surface area contributed by atoms with Gasteiger partial charge in [0.1, 0.15) is 0 Å². The van der Waals surface area contributed by atoms with E-state index < -0.39 is 0 Å². The van der Waals surface area contributed by atoms with Gasteiger partial charge in [-0.1, -0.05) is 25.4 Å². The van der Waals surface area contributed by atoms with Gasteiger partial charge in [0.2, 0.25) is 0 Å². The Morgan fingerprint density at radius 1 is 1.50 bits per heavy atom. The van der Waals surface area contributed by atoms with E-state index in [2.05, 4.69) is 48.1 Å². The van der Waals surface area contributed by atoms with Crippen molar-refractivity contribution in [1.29, 1.82) is 0 Å². The summed E-state index contributed by atoms with van der Waals surface area (Å²) in [4.78, 5) is 0. The summed E-state index contributed by atoms with van der Waals surface area (Å²) in [6.45, 7) is 6.66. The average molecular weight is 303 g/mol. The Labute approximate surface area is 111 Å². The molecule has 1 unspecified atom stereocenters. The quantitative estimate of drug-likeness (QED) is 0.772. The van der Waals surface area contributed by atoms with Crippen molar-refractivity contribution < 1.29 is 0 Å². The van der Waals surface area contributed by atoms with Crippen molar-refractivity contribution in [3.8, 4) is 0 Å². The molecule has 0 fully saturated rings. The van der Waals surface area contributed by atoms with Gasteiger partial charge in [-0.25, -0.2) is 0 Å². The topological polar surface area (TPSA) is 12.0 Å². The minimum atomic E-state index is 0.514. The molecule has 0 saturated carbocycles. The van der Waals surface area contributed by atoms with Crippen molar-refractivity contribution in [2.45, 2.75) is 45.6 Å². The molecule has 1 N–H and O–H groups in total. The molecular weight excluding hydrogens is 286 g/mol. The van der Waals surface area contributed by atoms with E-state index in [9.17, 15) is 0 Å². The molecule has 1 atom stereocenters. The smallest absolute Gasteiger partial charge is 0.0600 e. The molecule has 1 aliphatic heterocycles. The summed E-state index contributed by atoms with van der Waals surface area (Å²) in [5, 5.41) is 4.45.